The van der Waals surface area contributed by atoms with Crippen LogP contribution in [0.4, 0.5) is 0 Å². The van der Waals surface area contributed by atoms with E-state index >= 15 is 0 Å². The first-order valence-corrected chi connectivity index (χ1v) is 16.4. The summed E-state index contributed by atoms with van der Waals surface area (Å²) in [7, 11) is 1.83. The van der Waals surface area contributed by atoms with E-state index in [4.69, 9.17) is 4.74 Å². The molecule has 20 heavy (non-hydrogen) atoms. The molecule has 0 amide bonds. The van der Waals surface area contributed by atoms with E-state index in [1.165, 1.54) is 38.5 Å². The van der Waals surface area contributed by atoms with Crippen LogP contribution < -0.4 is 0 Å². The standard InChI is InChI=1S/C6H11O.3C4H9.Sn/c1-5-6(2,3)7-4;3*1-3-4-2;/h1,5H,2-4H3;3*1,3-4H2,2H3;. The number of methoxy groups -OCH3 is 1. The molecular weight excluding hydrogens is 351 g/mol. The van der Waals surface area contributed by atoms with Gasteiger partial charge < -0.3 is 0 Å². The van der Waals surface area contributed by atoms with Crippen molar-refractivity contribution in [1.82, 2.24) is 0 Å². The second-order valence-electron chi connectivity index (χ2n) is 6.81. The summed E-state index contributed by atoms with van der Waals surface area (Å²) in [5.74, 6) is 0. The third-order valence-corrected chi connectivity index (χ3v) is 18.5. The molecule has 0 saturated heterocycles. The van der Waals surface area contributed by atoms with Gasteiger partial charge in [-0.1, -0.05) is 0 Å². The van der Waals surface area contributed by atoms with Crippen molar-refractivity contribution in [3.63, 3.8) is 0 Å². The van der Waals surface area contributed by atoms with Crippen molar-refractivity contribution in [3.8, 4) is 0 Å². The summed E-state index contributed by atoms with van der Waals surface area (Å²) in [6.07, 6.45) is 10.7. The molecule has 2 heteroatoms. The number of rotatable bonds is 12. The fourth-order valence-electron chi connectivity index (χ4n) is 2.66. The van der Waals surface area contributed by atoms with Gasteiger partial charge in [0.05, 0.1) is 0 Å². The van der Waals surface area contributed by atoms with Crippen LogP contribution in [0.3, 0.4) is 0 Å². The molecule has 0 heterocycles. The van der Waals surface area contributed by atoms with Gasteiger partial charge in [0, 0.05) is 0 Å². The summed E-state index contributed by atoms with van der Waals surface area (Å²) in [5.41, 5.74) is -0.0905. The Morgan fingerprint density at radius 2 is 1.25 bits per heavy atom. The molecule has 0 aromatic heterocycles. The van der Waals surface area contributed by atoms with E-state index < -0.39 is 18.4 Å². The van der Waals surface area contributed by atoms with E-state index in [0.29, 0.717) is 0 Å². The molecule has 120 valence electrons. The SMILES string of the molecule is CCC[CH2][Sn](/[CH]=C/C(C)(C)OC)([CH2]CCC)[CH2]CCC. The van der Waals surface area contributed by atoms with E-state index in [-0.39, 0.29) is 5.60 Å². The molecule has 0 unspecified atom stereocenters. The van der Waals surface area contributed by atoms with Gasteiger partial charge in [0.2, 0.25) is 0 Å². The minimum atomic E-state index is -2.09. The van der Waals surface area contributed by atoms with Crippen molar-refractivity contribution in [2.24, 2.45) is 0 Å². The van der Waals surface area contributed by atoms with Crippen LogP contribution in [0.5, 0.6) is 0 Å². The number of hydrogen-bond acceptors (Lipinski definition) is 1. The maximum atomic E-state index is 5.59. The van der Waals surface area contributed by atoms with Gasteiger partial charge in [-0.2, -0.15) is 0 Å². The molecule has 0 spiro atoms. The van der Waals surface area contributed by atoms with Crippen LogP contribution in [-0.4, -0.2) is 31.1 Å². The van der Waals surface area contributed by atoms with Crippen molar-refractivity contribution in [2.75, 3.05) is 7.11 Å². The maximum absolute atomic E-state index is 5.59. The molecule has 0 rings (SSSR count). The van der Waals surface area contributed by atoms with Gasteiger partial charge in [-0.05, 0) is 0 Å². The summed E-state index contributed by atoms with van der Waals surface area (Å²) >= 11 is -2.09. The van der Waals surface area contributed by atoms with E-state index in [2.05, 4.69) is 44.8 Å². The molecule has 0 saturated carbocycles. The molecule has 0 N–H and O–H groups in total. The van der Waals surface area contributed by atoms with Crippen LogP contribution in [0, 0.1) is 0 Å². The van der Waals surface area contributed by atoms with Crippen LogP contribution >= 0.6 is 0 Å². The quantitative estimate of drug-likeness (QED) is 0.353. The first-order chi connectivity index (χ1) is 9.45. The summed E-state index contributed by atoms with van der Waals surface area (Å²) in [5, 5.41) is 0. The first-order valence-electron chi connectivity index (χ1n) is 8.71. The van der Waals surface area contributed by atoms with Gasteiger partial charge in [-0.3, -0.25) is 0 Å². The third-order valence-electron chi connectivity index (χ3n) is 4.45. The Bertz CT molecular complexity index is 236. The molecule has 0 radical (unpaired) electrons. The zero-order valence-corrected chi connectivity index (χ0v) is 17.8. The Labute approximate surface area is 132 Å². The fourth-order valence-corrected chi connectivity index (χ4v) is 17.4. The molecule has 0 fully saturated rings. The summed E-state index contributed by atoms with van der Waals surface area (Å²) in [4.78, 5) is 0. The second-order valence-corrected chi connectivity index (χ2v) is 19.8. The van der Waals surface area contributed by atoms with E-state index in [1.54, 1.807) is 13.3 Å². The molecule has 0 aliphatic carbocycles. The van der Waals surface area contributed by atoms with Gasteiger partial charge in [-0.15, -0.1) is 0 Å². The molecule has 0 aromatic rings. The van der Waals surface area contributed by atoms with Gasteiger partial charge in [0.1, 0.15) is 0 Å². The topological polar surface area (TPSA) is 9.23 Å². The molecule has 0 aliphatic rings. The number of hydrogen-bond donors (Lipinski definition) is 0. The minimum absolute atomic E-state index is 0.0905. The molecule has 0 atom stereocenters. The molecule has 0 aromatic carbocycles. The van der Waals surface area contributed by atoms with Crippen molar-refractivity contribution in [1.29, 1.82) is 0 Å². The van der Waals surface area contributed by atoms with Crippen LogP contribution in [0.25, 0.3) is 0 Å². The average Bonchev–Trinajstić information content (AvgIpc) is 2.46. The predicted octanol–water partition coefficient (Wildman–Crippen LogP) is 6.36. The molecule has 1 nitrogen and oxygen atoms in total. The fraction of sp³-hybridized carbons (Fsp3) is 0.889. The molecular formula is C18H38OSn. The Balaban J connectivity index is 5.01. The first kappa shape index (κ1) is 20.5. The molecule has 0 bridgehead atoms. The van der Waals surface area contributed by atoms with E-state index in [0.717, 1.165) is 0 Å². The van der Waals surface area contributed by atoms with Gasteiger partial charge in [0.25, 0.3) is 0 Å². The van der Waals surface area contributed by atoms with Gasteiger partial charge in [-0.25, -0.2) is 0 Å². The average molecular weight is 389 g/mol. The number of ether oxygens (including phenoxy) is 1. The normalized spacial score (nSPS) is 13.3. The third kappa shape index (κ3) is 8.71. The van der Waals surface area contributed by atoms with E-state index in [1.807, 2.05) is 7.11 Å². The van der Waals surface area contributed by atoms with Gasteiger partial charge >= 0.3 is 132 Å². The Kier molecular flexibility index (Phi) is 11.4. The Morgan fingerprint density at radius 3 is 1.55 bits per heavy atom. The summed E-state index contributed by atoms with van der Waals surface area (Å²) in [6.45, 7) is 11.4. The predicted molar refractivity (Wildman–Crippen MR) is 95.1 cm³/mol. The van der Waals surface area contributed by atoms with Crippen molar-refractivity contribution in [2.45, 2.75) is 92.1 Å². The van der Waals surface area contributed by atoms with Crippen molar-refractivity contribution < 1.29 is 4.74 Å². The van der Waals surface area contributed by atoms with Crippen LogP contribution in [-0.2, 0) is 4.74 Å². The summed E-state index contributed by atoms with van der Waals surface area (Å²) in [6, 6.07) is 0. The monoisotopic (exact) mass is 390 g/mol. The zero-order valence-electron chi connectivity index (χ0n) is 14.9. The Hall–Kier alpha value is 0.499. The van der Waals surface area contributed by atoms with Crippen molar-refractivity contribution in [3.05, 3.63) is 10.2 Å². The van der Waals surface area contributed by atoms with Gasteiger partial charge in [0.15, 0.2) is 0 Å². The molecule has 0 aliphatic heterocycles. The van der Waals surface area contributed by atoms with Crippen LogP contribution in [0.1, 0.15) is 73.1 Å². The van der Waals surface area contributed by atoms with Crippen LogP contribution in [0.15, 0.2) is 10.2 Å². The summed E-state index contributed by atoms with van der Waals surface area (Å²) < 4.78 is 12.9. The zero-order chi connectivity index (χ0) is 15.5. The Morgan fingerprint density at radius 1 is 0.850 bits per heavy atom. The second kappa shape index (κ2) is 11.1. The van der Waals surface area contributed by atoms with Crippen molar-refractivity contribution >= 4 is 18.4 Å². The number of unbranched alkanes of at least 4 members (excludes halogenated alkanes) is 3. The van der Waals surface area contributed by atoms with E-state index in [9.17, 15) is 0 Å². The van der Waals surface area contributed by atoms with Crippen LogP contribution in [0.2, 0.25) is 13.3 Å².